The number of sulfonamides is 1. The van der Waals surface area contributed by atoms with Crippen molar-refractivity contribution < 1.29 is 17.9 Å². The first-order valence-corrected chi connectivity index (χ1v) is 10.4. The summed E-state index contributed by atoms with van der Waals surface area (Å²) in [5.74, 6) is 0.132. The van der Waals surface area contributed by atoms with Crippen LogP contribution in [-0.4, -0.2) is 26.5 Å². The number of carbonyl (C=O) groups is 1. The fourth-order valence-corrected chi connectivity index (χ4v) is 3.75. The molecule has 6 nitrogen and oxygen atoms in total. The van der Waals surface area contributed by atoms with Crippen molar-refractivity contribution in [2.75, 3.05) is 4.72 Å². The van der Waals surface area contributed by atoms with E-state index in [0.29, 0.717) is 15.8 Å². The zero-order valence-corrected chi connectivity index (χ0v) is 17.3. The third kappa shape index (κ3) is 6.30. The highest BCUT2D eigenvalue weighted by Crippen LogP contribution is 2.25. The number of hydrogen-bond acceptors (Lipinski definition) is 4. The largest absolute Gasteiger partial charge is 0.481 e. The van der Waals surface area contributed by atoms with Crippen LogP contribution in [0.4, 0.5) is 5.69 Å². The van der Waals surface area contributed by atoms with Gasteiger partial charge in [-0.05, 0) is 63.2 Å². The number of rotatable bonds is 7. The molecule has 0 aliphatic carbocycles. The number of nitrogens with one attached hydrogen (secondary N) is 2. The molecule has 1 atom stereocenters. The SMILES string of the molecule is CC(C)NC(=O)[C@H](C)Oc1ccc(S(=O)(=O)Nc2cc(Cl)cc(Cl)c2)cc1. The maximum absolute atomic E-state index is 12.5. The van der Waals surface area contributed by atoms with Crippen LogP contribution in [0.25, 0.3) is 0 Å². The highest BCUT2D eigenvalue weighted by molar-refractivity contribution is 7.92. The molecule has 0 fully saturated rings. The molecule has 0 bridgehead atoms. The van der Waals surface area contributed by atoms with Gasteiger partial charge in [0.1, 0.15) is 5.75 Å². The normalized spacial score (nSPS) is 12.5. The summed E-state index contributed by atoms with van der Waals surface area (Å²) >= 11 is 11.8. The van der Waals surface area contributed by atoms with Gasteiger partial charge < -0.3 is 10.1 Å². The molecule has 0 aliphatic rings. The lowest BCUT2D eigenvalue weighted by Crippen LogP contribution is -2.40. The minimum atomic E-state index is -3.83. The van der Waals surface area contributed by atoms with Crippen LogP contribution >= 0.6 is 23.2 Å². The number of benzene rings is 2. The Labute approximate surface area is 168 Å². The maximum Gasteiger partial charge on any atom is 0.261 e. The Morgan fingerprint density at radius 3 is 2.07 bits per heavy atom. The highest BCUT2D eigenvalue weighted by Gasteiger charge is 2.18. The zero-order chi connectivity index (χ0) is 20.2. The van der Waals surface area contributed by atoms with Crippen molar-refractivity contribution in [1.82, 2.24) is 5.32 Å². The van der Waals surface area contributed by atoms with Gasteiger partial charge in [-0.3, -0.25) is 9.52 Å². The predicted molar refractivity (Wildman–Crippen MR) is 107 cm³/mol. The molecular formula is C18H20Cl2N2O4S. The van der Waals surface area contributed by atoms with Crippen molar-refractivity contribution in [1.29, 1.82) is 0 Å². The van der Waals surface area contributed by atoms with Gasteiger partial charge in [-0.2, -0.15) is 0 Å². The molecule has 0 saturated heterocycles. The summed E-state index contributed by atoms with van der Waals surface area (Å²) in [5, 5.41) is 3.38. The van der Waals surface area contributed by atoms with Gasteiger partial charge >= 0.3 is 0 Å². The van der Waals surface area contributed by atoms with Crippen LogP contribution in [0.2, 0.25) is 10.0 Å². The smallest absolute Gasteiger partial charge is 0.261 e. The van der Waals surface area contributed by atoms with E-state index < -0.39 is 16.1 Å². The molecule has 0 unspecified atom stereocenters. The van der Waals surface area contributed by atoms with Crippen LogP contribution in [0.1, 0.15) is 20.8 Å². The van der Waals surface area contributed by atoms with Crippen LogP contribution in [0.3, 0.4) is 0 Å². The Morgan fingerprint density at radius 2 is 1.56 bits per heavy atom. The van der Waals surface area contributed by atoms with E-state index in [1.54, 1.807) is 6.92 Å². The van der Waals surface area contributed by atoms with Gasteiger partial charge in [0.25, 0.3) is 15.9 Å². The molecule has 2 N–H and O–H groups in total. The van der Waals surface area contributed by atoms with Crippen molar-refractivity contribution >= 4 is 44.8 Å². The van der Waals surface area contributed by atoms with Crippen molar-refractivity contribution in [2.24, 2.45) is 0 Å². The first kappa shape index (κ1) is 21.3. The van der Waals surface area contributed by atoms with Gasteiger partial charge in [0.05, 0.1) is 10.6 Å². The van der Waals surface area contributed by atoms with Gasteiger partial charge in [-0.1, -0.05) is 23.2 Å². The molecule has 9 heteroatoms. The second kappa shape index (κ2) is 8.82. The first-order chi connectivity index (χ1) is 12.6. The van der Waals surface area contributed by atoms with Gasteiger partial charge in [0.2, 0.25) is 0 Å². The minimum absolute atomic E-state index is 0.00198. The molecule has 2 aromatic carbocycles. The molecule has 27 heavy (non-hydrogen) atoms. The second-order valence-corrected chi connectivity index (χ2v) is 8.71. The third-order valence-corrected chi connectivity index (χ3v) is 5.20. The Bertz CT molecular complexity index is 895. The fraction of sp³-hybridized carbons (Fsp3) is 0.278. The number of hydrogen-bond donors (Lipinski definition) is 2. The molecule has 2 rings (SSSR count). The summed E-state index contributed by atoms with van der Waals surface area (Å²) in [6, 6.07) is 10.2. The van der Waals surface area contributed by atoms with Gasteiger partial charge in [-0.25, -0.2) is 8.42 Å². The van der Waals surface area contributed by atoms with Gasteiger partial charge in [0.15, 0.2) is 6.10 Å². The molecule has 1 amide bonds. The molecule has 0 spiro atoms. The second-order valence-electron chi connectivity index (χ2n) is 6.16. The van der Waals surface area contributed by atoms with Gasteiger partial charge in [-0.15, -0.1) is 0 Å². The number of anilines is 1. The Hall–Kier alpha value is -1.96. The van der Waals surface area contributed by atoms with Crippen LogP contribution in [0, 0.1) is 0 Å². The van der Waals surface area contributed by atoms with Crippen LogP contribution in [0.15, 0.2) is 47.4 Å². The monoisotopic (exact) mass is 430 g/mol. The highest BCUT2D eigenvalue weighted by atomic mass is 35.5. The molecule has 0 saturated carbocycles. The maximum atomic E-state index is 12.5. The topological polar surface area (TPSA) is 84.5 Å². The van der Waals surface area contributed by atoms with E-state index in [1.165, 1.54) is 42.5 Å². The van der Waals surface area contributed by atoms with Gasteiger partial charge in [0, 0.05) is 16.1 Å². The Morgan fingerprint density at radius 1 is 1.00 bits per heavy atom. The summed E-state index contributed by atoms with van der Waals surface area (Å²) in [4.78, 5) is 11.9. The fourth-order valence-electron chi connectivity index (χ4n) is 2.18. The quantitative estimate of drug-likeness (QED) is 0.692. The predicted octanol–water partition coefficient (Wildman–Crippen LogP) is 4.09. The molecule has 0 heterocycles. The van der Waals surface area contributed by atoms with E-state index in [-0.39, 0.29) is 22.5 Å². The third-order valence-electron chi connectivity index (χ3n) is 3.36. The lowest BCUT2D eigenvalue weighted by molar-refractivity contribution is -0.127. The van der Waals surface area contributed by atoms with E-state index >= 15 is 0 Å². The van der Waals surface area contributed by atoms with Crippen LogP contribution < -0.4 is 14.8 Å². The van der Waals surface area contributed by atoms with E-state index in [1.807, 2.05) is 13.8 Å². The summed E-state index contributed by atoms with van der Waals surface area (Å²) in [7, 11) is -3.83. The lowest BCUT2D eigenvalue weighted by atomic mass is 10.3. The Balaban J connectivity index is 2.10. The molecule has 0 aromatic heterocycles. The molecule has 0 aliphatic heterocycles. The van der Waals surface area contributed by atoms with E-state index in [0.717, 1.165) is 0 Å². The number of ether oxygens (including phenoxy) is 1. The standard InChI is InChI=1S/C18H20Cl2N2O4S/c1-11(2)21-18(23)12(3)26-16-4-6-17(7-5-16)27(24,25)22-15-9-13(19)8-14(20)10-15/h4-12,22H,1-3H3,(H,21,23)/t12-/m0/s1. The number of carbonyl (C=O) groups excluding carboxylic acids is 1. The van der Waals surface area contributed by atoms with Crippen LogP contribution in [0.5, 0.6) is 5.75 Å². The van der Waals surface area contributed by atoms with E-state index in [2.05, 4.69) is 10.0 Å². The number of halogens is 2. The van der Waals surface area contributed by atoms with Crippen molar-refractivity contribution in [3.63, 3.8) is 0 Å². The first-order valence-electron chi connectivity index (χ1n) is 8.13. The number of amides is 1. The van der Waals surface area contributed by atoms with Crippen molar-refractivity contribution in [3.05, 3.63) is 52.5 Å². The van der Waals surface area contributed by atoms with Crippen molar-refractivity contribution in [2.45, 2.75) is 37.8 Å². The summed E-state index contributed by atoms with van der Waals surface area (Å²) in [5.41, 5.74) is 0.256. The molecule has 0 radical (unpaired) electrons. The average molecular weight is 431 g/mol. The summed E-state index contributed by atoms with van der Waals surface area (Å²) in [6.45, 7) is 5.32. The van der Waals surface area contributed by atoms with E-state index in [4.69, 9.17) is 27.9 Å². The lowest BCUT2D eigenvalue weighted by Gasteiger charge is -2.16. The van der Waals surface area contributed by atoms with E-state index in [9.17, 15) is 13.2 Å². The van der Waals surface area contributed by atoms with Crippen molar-refractivity contribution in [3.8, 4) is 5.75 Å². The summed E-state index contributed by atoms with van der Waals surface area (Å²) in [6.07, 6.45) is -0.707. The minimum Gasteiger partial charge on any atom is -0.481 e. The molecule has 146 valence electrons. The Kier molecular flexibility index (Phi) is 6.97. The average Bonchev–Trinajstić information content (AvgIpc) is 2.53. The molecule has 2 aromatic rings. The molecular weight excluding hydrogens is 411 g/mol. The zero-order valence-electron chi connectivity index (χ0n) is 15.0. The van der Waals surface area contributed by atoms with Crippen LogP contribution in [-0.2, 0) is 14.8 Å². The summed E-state index contributed by atoms with van der Waals surface area (Å²) < 4.78 is 32.9.